The summed E-state index contributed by atoms with van der Waals surface area (Å²) in [6.07, 6.45) is 1.25. The van der Waals surface area contributed by atoms with E-state index in [0.717, 1.165) is 23.0 Å². The lowest BCUT2D eigenvalue weighted by molar-refractivity contribution is 0.173. The van der Waals surface area contributed by atoms with Gasteiger partial charge in [0.05, 0.1) is 11.6 Å². The molecule has 0 saturated carbocycles. The maximum Gasteiger partial charge on any atom is 0.0929 e. The maximum atomic E-state index is 10.1. The minimum atomic E-state index is -0.499. The average molecular weight is 244 g/mol. The summed E-state index contributed by atoms with van der Waals surface area (Å²) in [4.78, 5) is 4.36. The molecule has 18 heavy (non-hydrogen) atoms. The van der Waals surface area contributed by atoms with Crippen LogP contribution in [-0.4, -0.2) is 23.2 Å². The minimum absolute atomic E-state index is 0.499. The first kappa shape index (κ1) is 13.0. The van der Waals surface area contributed by atoms with Crippen LogP contribution in [0.5, 0.6) is 0 Å². The van der Waals surface area contributed by atoms with Crippen LogP contribution in [0.1, 0.15) is 25.5 Å². The van der Waals surface area contributed by atoms with Crippen molar-refractivity contribution >= 4 is 10.9 Å². The van der Waals surface area contributed by atoms with Gasteiger partial charge in [-0.1, -0.05) is 32.0 Å². The Morgan fingerprint density at radius 3 is 2.78 bits per heavy atom. The predicted octanol–water partition coefficient (Wildman–Crippen LogP) is 2.51. The van der Waals surface area contributed by atoms with E-state index in [1.165, 1.54) is 0 Å². The second kappa shape index (κ2) is 5.94. The molecule has 96 valence electrons. The first-order chi connectivity index (χ1) is 8.66. The molecule has 0 aliphatic carbocycles. The van der Waals surface area contributed by atoms with E-state index in [4.69, 9.17) is 0 Å². The fourth-order valence-electron chi connectivity index (χ4n) is 1.90. The van der Waals surface area contributed by atoms with Crippen LogP contribution in [0.3, 0.4) is 0 Å². The number of hydrogen-bond donors (Lipinski definition) is 2. The quantitative estimate of drug-likeness (QED) is 0.849. The van der Waals surface area contributed by atoms with Crippen molar-refractivity contribution < 1.29 is 5.11 Å². The summed E-state index contributed by atoms with van der Waals surface area (Å²) in [7, 11) is 0. The molecule has 0 aliphatic rings. The number of rotatable bonds is 5. The van der Waals surface area contributed by atoms with Crippen molar-refractivity contribution in [3.8, 4) is 0 Å². The van der Waals surface area contributed by atoms with Gasteiger partial charge in [0.15, 0.2) is 0 Å². The highest BCUT2D eigenvalue weighted by atomic mass is 16.3. The number of benzene rings is 1. The monoisotopic (exact) mass is 244 g/mol. The van der Waals surface area contributed by atoms with Gasteiger partial charge in [0.25, 0.3) is 0 Å². The highest BCUT2D eigenvalue weighted by Gasteiger charge is 2.08. The summed E-state index contributed by atoms with van der Waals surface area (Å²) in [5.41, 5.74) is 1.83. The van der Waals surface area contributed by atoms with Crippen molar-refractivity contribution in [3.05, 3.63) is 42.1 Å². The Morgan fingerprint density at radius 2 is 2.00 bits per heavy atom. The third-order valence-electron chi connectivity index (χ3n) is 2.89. The Balaban J connectivity index is 2.06. The van der Waals surface area contributed by atoms with Crippen molar-refractivity contribution in [2.24, 2.45) is 5.92 Å². The van der Waals surface area contributed by atoms with Gasteiger partial charge in [-0.3, -0.25) is 4.98 Å². The van der Waals surface area contributed by atoms with Crippen LogP contribution in [0, 0.1) is 5.92 Å². The number of nitrogens with zero attached hydrogens (tertiary/aromatic N) is 1. The smallest absolute Gasteiger partial charge is 0.0929 e. The van der Waals surface area contributed by atoms with Crippen LogP contribution in [-0.2, 0) is 0 Å². The van der Waals surface area contributed by atoms with Gasteiger partial charge >= 0.3 is 0 Å². The third-order valence-corrected chi connectivity index (χ3v) is 2.89. The van der Waals surface area contributed by atoms with Crippen molar-refractivity contribution in [1.82, 2.24) is 10.3 Å². The van der Waals surface area contributed by atoms with Gasteiger partial charge in [-0.25, -0.2) is 0 Å². The van der Waals surface area contributed by atoms with E-state index in [1.807, 2.05) is 30.3 Å². The zero-order chi connectivity index (χ0) is 13.0. The van der Waals surface area contributed by atoms with Crippen molar-refractivity contribution in [2.75, 3.05) is 13.1 Å². The van der Waals surface area contributed by atoms with Crippen LogP contribution < -0.4 is 5.32 Å². The number of para-hydroxylation sites is 1. The lowest BCUT2D eigenvalue weighted by Crippen LogP contribution is -2.25. The van der Waals surface area contributed by atoms with Crippen molar-refractivity contribution in [1.29, 1.82) is 0 Å². The van der Waals surface area contributed by atoms with Crippen LogP contribution in [0.25, 0.3) is 10.9 Å². The van der Waals surface area contributed by atoms with Crippen LogP contribution >= 0.6 is 0 Å². The molecule has 1 aromatic carbocycles. The fraction of sp³-hybridized carbons (Fsp3) is 0.400. The Labute approximate surface area is 108 Å². The van der Waals surface area contributed by atoms with E-state index in [2.05, 4.69) is 24.1 Å². The van der Waals surface area contributed by atoms with Gasteiger partial charge in [0.1, 0.15) is 0 Å². The lowest BCUT2D eigenvalue weighted by Gasteiger charge is -2.13. The molecule has 1 atom stereocenters. The molecular formula is C15H20N2O. The molecule has 0 amide bonds. The Morgan fingerprint density at radius 1 is 1.22 bits per heavy atom. The third kappa shape index (κ3) is 3.28. The molecule has 2 rings (SSSR count). The minimum Gasteiger partial charge on any atom is -0.387 e. The van der Waals surface area contributed by atoms with Gasteiger partial charge in [-0.05, 0) is 24.6 Å². The molecule has 0 aliphatic heterocycles. The second-order valence-corrected chi connectivity index (χ2v) is 5.03. The number of pyridine rings is 1. The van der Waals surface area contributed by atoms with E-state index in [0.29, 0.717) is 12.5 Å². The van der Waals surface area contributed by atoms with Crippen LogP contribution in [0.2, 0.25) is 0 Å². The molecule has 0 saturated heterocycles. The SMILES string of the molecule is CC(C)CNCC(O)c1cnc2ccccc2c1. The van der Waals surface area contributed by atoms with Crippen molar-refractivity contribution in [3.63, 3.8) is 0 Å². The second-order valence-electron chi connectivity index (χ2n) is 5.03. The van der Waals surface area contributed by atoms with Crippen molar-refractivity contribution in [2.45, 2.75) is 20.0 Å². The van der Waals surface area contributed by atoms with Gasteiger partial charge in [0.2, 0.25) is 0 Å². The molecule has 0 bridgehead atoms. The number of aromatic nitrogens is 1. The van der Waals surface area contributed by atoms with E-state index < -0.39 is 6.10 Å². The molecule has 1 aromatic heterocycles. The molecule has 3 nitrogen and oxygen atoms in total. The molecule has 1 unspecified atom stereocenters. The normalized spacial score (nSPS) is 13.1. The summed E-state index contributed by atoms with van der Waals surface area (Å²) >= 11 is 0. The Kier molecular flexibility index (Phi) is 4.28. The topological polar surface area (TPSA) is 45.1 Å². The molecule has 0 radical (unpaired) electrons. The van der Waals surface area contributed by atoms with E-state index in [1.54, 1.807) is 6.20 Å². The zero-order valence-corrected chi connectivity index (χ0v) is 10.9. The summed E-state index contributed by atoms with van der Waals surface area (Å²) in [5.74, 6) is 0.590. The standard InChI is InChI=1S/C15H20N2O/c1-11(2)8-16-10-15(18)13-7-12-5-3-4-6-14(12)17-9-13/h3-7,9,11,15-16,18H,8,10H2,1-2H3. The Bertz CT molecular complexity index is 511. The van der Waals surface area contributed by atoms with E-state index in [9.17, 15) is 5.11 Å². The summed E-state index contributed by atoms with van der Waals surface area (Å²) < 4.78 is 0. The molecule has 1 heterocycles. The van der Waals surface area contributed by atoms with Gasteiger partial charge < -0.3 is 10.4 Å². The molecule has 2 aromatic rings. The summed E-state index contributed by atoms with van der Waals surface area (Å²) in [6.45, 7) is 5.78. The van der Waals surface area contributed by atoms with Crippen LogP contribution in [0.15, 0.2) is 36.5 Å². The number of fused-ring (bicyclic) bond motifs is 1. The molecule has 0 spiro atoms. The molecule has 2 N–H and O–H groups in total. The van der Waals surface area contributed by atoms with Gasteiger partial charge in [-0.15, -0.1) is 0 Å². The van der Waals surface area contributed by atoms with Gasteiger partial charge in [-0.2, -0.15) is 0 Å². The highest BCUT2D eigenvalue weighted by Crippen LogP contribution is 2.17. The average Bonchev–Trinajstić information content (AvgIpc) is 2.37. The van der Waals surface area contributed by atoms with Crippen LogP contribution in [0.4, 0.5) is 0 Å². The number of hydrogen-bond acceptors (Lipinski definition) is 3. The fourth-order valence-corrected chi connectivity index (χ4v) is 1.90. The summed E-state index contributed by atoms with van der Waals surface area (Å²) in [6, 6.07) is 9.94. The molecule has 0 fully saturated rings. The predicted molar refractivity (Wildman–Crippen MR) is 74.4 cm³/mol. The van der Waals surface area contributed by atoms with Gasteiger partial charge in [0, 0.05) is 23.7 Å². The molecule has 3 heteroatoms. The zero-order valence-electron chi connectivity index (χ0n) is 10.9. The summed E-state index contributed by atoms with van der Waals surface area (Å²) in [5, 5.41) is 14.4. The number of nitrogens with one attached hydrogen (secondary N) is 1. The largest absolute Gasteiger partial charge is 0.387 e. The first-order valence-corrected chi connectivity index (χ1v) is 6.40. The first-order valence-electron chi connectivity index (χ1n) is 6.40. The highest BCUT2D eigenvalue weighted by molar-refractivity contribution is 5.78. The Hall–Kier alpha value is -1.45. The number of aliphatic hydroxyl groups is 1. The number of aliphatic hydroxyl groups excluding tert-OH is 1. The maximum absolute atomic E-state index is 10.1. The van der Waals surface area contributed by atoms with E-state index in [-0.39, 0.29) is 0 Å². The van der Waals surface area contributed by atoms with E-state index >= 15 is 0 Å². The lowest BCUT2D eigenvalue weighted by atomic mass is 10.1. The molecular weight excluding hydrogens is 224 g/mol.